The summed E-state index contributed by atoms with van der Waals surface area (Å²) in [6.07, 6.45) is 0.858. The van der Waals surface area contributed by atoms with Crippen molar-refractivity contribution >= 4 is 40.9 Å². The van der Waals surface area contributed by atoms with Crippen LogP contribution in [-0.2, 0) is 6.54 Å². The van der Waals surface area contributed by atoms with Gasteiger partial charge in [-0.15, -0.1) is 24.0 Å². The molecule has 136 valence electrons. The van der Waals surface area contributed by atoms with Gasteiger partial charge in [0.25, 0.3) is 0 Å². The predicted octanol–water partition coefficient (Wildman–Crippen LogP) is 4.29. The van der Waals surface area contributed by atoms with E-state index in [2.05, 4.69) is 29.4 Å². The summed E-state index contributed by atoms with van der Waals surface area (Å²) in [4.78, 5) is 4.47. The number of furan rings is 1. The number of halogens is 1. The molecule has 0 saturated carbocycles. The van der Waals surface area contributed by atoms with Crippen LogP contribution in [0.3, 0.4) is 0 Å². The molecule has 0 radical (unpaired) electrons. The van der Waals surface area contributed by atoms with Crippen molar-refractivity contribution < 1.29 is 9.15 Å². The van der Waals surface area contributed by atoms with E-state index in [1.165, 1.54) is 0 Å². The van der Waals surface area contributed by atoms with Crippen molar-refractivity contribution in [1.82, 2.24) is 5.32 Å². The van der Waals surface area contributed by atoms with Crippen LogP contribution in [0.5, 0.6) is 5.75 Å². The van der Waals surface area contributed by atoms with Gasteiger partial charge in [0.15, 0.2) is 5.96 Å². The number of hydrogen-bond donors (Lipinski definition) is 2. The maximum Gasteiger partial charge on any atom is 0.189 e. The maximum atomic E-state index is 6.11. The predicted molar refractivity (Wildman–Crippen MR) is 114 cm³/mol. The number of hydrogen-bond acceptors (Lipinski definition) is 3. The van der Waals surface area contributed by atoms with Gasteiger partial charge in [-0.25, -0.2) is 4.99 Å². The monoisotopic (exact) mass is 463 g/mol. The van der Waals surface area contributed by atoms with Crippen LogP contribution < -0.4 is 15.8 Å². The van der Waals surface area contributed by atoms with Gasteiger partial charge >= 0.3 is 0 Å². The molecule has 1 unspecified atom stereocenters. The molecule has 0 saturated heterocycles. The molecule has 0 fully saturated rings. The summed E-state index contributed by atoms with van der Waals surface area (Å²) < 4.78 is 11.6. The second-order valence-electron chi connectivity index (χ2n) is 6.22. The first-order valence-electron chi connectivity index (χ1n) is 8.47. The van der Waals surface area contributed by atoms with E-state index in [1.54, 1.807) is 0 Å². The lowest BCUT2D eigenvalue weighted by molar-refractivity contribution is 0.262. The number of nitrogens with one attached hydrogen (secondary N) is 1. The summed E-state index contributed by atoms with van der Waals surface area (Å²) in [7, 11) is 0. The van der Waals surface area contributed by atoms with Crippen molar-refractivity contribution in [2.75, 3.05) is 6.61 Å². The molecular weight excluding hydrogens is 441 g/mol. The van der Waals surface area contributed by atoms with Crippen LogP contribution in [0.1, 0.15) is 29.3 Å². The number of benzene rings is 2. The van der Waals surface area contributed by atoms with Gasteiger partial charge in [0.2, 0.25) is 0 Å². The third-order valence-corrected chi connectivity index (χ3v) is 4.62. The highest BCUT2D eigenvalue weighted by Gasteiger charge is 2.21. The maximum absolute atomic E-state index is 6.11. The molecule has 1 aliphatic heterocycles. The summed E-state index contributed by atoms with van der Waals surface area (Å²) in [5.74, 6) is 2.17. The van der Waals surface area contributed by atoms with Crippen molar-refractivity contribution in [3.05, 3.63) is 65.4 Å². The van der Waals surface area contributed by atoms with Crippen LogP contribution in [0.25, 0.3) is 11.0 Å². The Bertz CT molecular complexity index is 936. The summed E-state index contributed by atoms with van der Waals surface area (Å²) in [6.45, 7) is 3.14. The minimum atomic E-state index is 0. The summed E-state index contributed by atoms with van der Waals surface area (Å²) in [5.41, 5.74) is 9.23. The molecule has 0 bridgehead atoms. The SMILES string of the molecule is Cc1c(CN=C(N)NC2CCOc3ccccc32)oc2ccccc12.I. The molecule has 0 aliphatic carbocycles. The van der Waals surface area contributed by atoms with E-state index in [-0.39, 0.29) is 30.0 Å². The number of guanidine groups is 1. The lowest BCUT2D eigenvalue weighted by Crippen LogP contribution is -2.37. The van der Waals surface area contributed by atoms with Crippen LogP contribution in [-0.4, -0.2) is 12.6 Å². The van der Waals surface area contributed by atoms with E-state index in [1.807, 2.05) is 36.4 Å². The van der Waals surface area contributed by atoms with Crippen molar-refractivity contribution in [1.29, 1.82) is 0 Å². The minimum Gasteiger partial charge on any atom is -0.493 e. The number of fused-ring (bicyclic) bond motifs is 2. The molecule has 1 aliphatic rings. The van der Waals surface area contributed by atoms with E-state index >= 15 is 0 Å². The fraction of sp³-hybridized carbons (Fsp3) is 0.250. The summed E-state index contributed by atoms with van der Waals surface area (Å²) in [5, 5.41) is 4.43. The normalized spacial score (nSPS) is 16.5. The van der Waals surface area contributed by atoms with Crippen molar-refractivity contribution in [3.8, 4) is 5.75 Å². The largest absolute Gasteiger partial charge is 0.493 e. The number of nitrogens with zero attached hydrogens (tertiary/aromatic N) is 1. The molecule has 3 N–H and O–H groups in total. The third-order valence-electron chi connectivity index (χ3n) is 4.62. The highest BCUT2D eigenvalue weighted by molar-refractivity contribution is 14.0. The molecule has 1 aromatic heterocycles. The van der Waals surface area contributed by atoms with Crippen LogP contribution in [0.15, 0.2) is 57.9 Å². The first kappa shape index (κ1) is 18.6. The number of ether oxygens (including phenoxy) is 1. The van der Waals surface area contributed by atoms with E-state index < -0.39 is 0 Å². The molecule has 2 aromatic carbocycles. The molecule has 26 heavy (non-hydrogen) atoms. The van der Waals surface area contributed by atoms with Gasteiger partial charge in [-0.3, -0.25) is 0 Å². The van der Waals surface area contributed by atoms with E-state index in [0.717, 1.165) is 40.0 Å². The number of rotatable bonds is 3. The Morgan fingerprint density at radius 1 is 1.19 bits per heavy atom. The zero-order chi connectivity index (χ0) is 17.2. The lowest BCUT2D eigenvalue weighted by atomic mass is 10.0. The quantitative estimate of drug-likeness (QED) is 0.346. The first-order chi connectivity index (χ1) is 12.2. The zero-order valence-corrected chi connectivity index (χ0v) is 16.9. The average Bonchev–Trinajstić information content (AvgIpc) is 2.97. The van der Waals surface area contributed by atoms with Gasteiger partial charge < -0.3 is 20.2 Å². The van der Waals surface area contributed by atoms with Crippen LogP contribution in [0, 0.1) is 6.92 Å². The van der Waals surface area contributed by atoms with Gasteiger partial charge in [-0.1, -0.05) is 36.4 Å². The molecule has 5 nitrogen and oxygen atoms in total. The topological polar surface area (TPSA) is 72.8 Å². The fourth-order valence-corrected chi connectivity index (χ4v) is 3.25. The highest BCUT2D eigenvalue weighted by atomic mass is 127. The van der Waals surface area contributed by atoms with Crippen molar-refractivity contribution in [2.24, 2.45) is 10.7 Å². The van der Waals surface area contributed by atoms with Gasteiger partial charge in [-0.2, -0.15) is 0 Å². The Balaban J connectivity index is 0.00000196. The number of aliphatic imine (C=N–C) groups is 1. The Hall–Kier alpha value is -2.22. The van der Waals surface area contributed by atoms with Crippen LogP contribution in [0.4, 0.5) is 0 Å². The fourth-order valence-electron chi connectivity index (χ4n) is 3.25. The Morgan fingerprint density at radius 3 is 2.81 bits per heavy atom. The first-order valence-corrected chi connectivity index (χ1v) is 8.47. The molecule has 4 rings (SSSR count). The molecular formula is C20H22IN3O2. The standard InChI is InChI=1S/C20H21N3O2.HI/c1-13-14-6-2-5-9-18(14)25-19(13)12-22-20(21)23-16-10-11-24-17-8-4-3-7-15(16)17;/h2-9,16H,10-12H2,1H3,(H3,21,22,23);1H. The smallest absolute Gasteiger partial charge is 0.189 e. The van der Waals surface area contributed by atoms with Gasteiger partial charge in [-0.05, 0) is 19.1 Å². The number of nitrogens with two attached hydrogens (primary N) is 1. The van der Waals surface area contributed by atoms with Crippen molar-refractivity contribution in [3.63, 3.8) is 0 Å². The molecule has 2 heterocycles. The summed E-state index contributed by atoms with van der Waals surface area (Å²) in [6, 6.07) is 16.1. The summed E-state index contributed by atoms with van der Waals surface area (Å²) >= 11 is 0. The number of para-hydroxylation sites is 2. The van der Waals surface area contributed by atoms with E-state index in [9.17, 15) is 0 Å². The number of aryl methyl sites for hydroxylation is 1. The van der Waals surface area contributed by atoms with Gasteiger partial charge in [0.1, 0.15) is 23.6 Å². The molecule has 6 heteroatoms. The Kier molecular flexibility index (Phi) is 5.70. The molecule has 1 atom stereocenters. The zero-order valence-electron chi connectivity index (χ0n) is 14.6. The molecule has 3 aromatic rings. The second-order valence-corrected chi connectivity index (χ2v) is 6.22. The molecule has 0 spiro atoms. The van der Waals surface area contributed by atoms with E-state index in [4.69, 9.17) is 14.9 Å². The van der Waals surface area contributed by atoms with Crippen molar-refractivity contribution in [2.45, 2.75) is 25.9 Å². The third kappa shape index (κ3) is 3.65. The van der Waals surface area contributed by atoms with Crippen LogP contribution in [0.2, 0.25) is 0 Å². The highest BCUT2D eigenvalue weighted by Crippen LogP contribution is 2.31. The average molecular weight is 463 g/mol. The van der Waals surface area contributed by atoms with Gasteiger partial charge in [0.05, 0.1) is 12.6 Å². The molecule has 0 amide bonds. The Labute approximate surface area is 169 Å². The second kappa shape index (κ2) is 7.99. The lowest BCUT2D eigenvalue weighted by Gasteiger charge is -2.26. The van der Waals surface area contributed by atoms with E-state index in [0.29, 0.717) is 19.1 Å². The minimum absolute atomic E-state index is 0. The van der Waals surface area contributed by atoms with Crippen LogP contribution >= 0.6 is 24.0 Å². The van der Waals surface area contributed by atoms with Gasteiger partial charge in [0, 0.05) is 22.9 Å². The Morgan fingerprint density at radius 2 is 1.96 bits per heavy atom.